The van der Waals surface area contributed by atoms with E-state index in [4.69, 9.17) is 5.26 Å². The average molecular weight is 244 g/mol. The summed E-state index contributed by atoms with van der Waals surface area (Å²) in [6.45, 7) is 1.06. The highest BCUT2D eigenvalue weighted by Gasteiger charge is 2.17. The van der Waals surface area contributed by atoms with Crippen LogP contribution in [0, 0.1) is 11.3 Å². The summed E-state index contributed by atoms with van der Waals surface area (Å²) in [5.74, 6) is 0. The van der Waals surface area contributed by atoms with Crippen LogP contribution < -0.4 is 5.32 Å². The van der Waals surface area contributed by atoms with E-state index in [2.05, 4.69) is 11.4 Å². The van der Waals surface area contributed by atoms with Gasteiger partial charge in [0.25, 0.3) is 0 Å². The molecule has 1 heterocycles. The van der Waals surface area contributed by atoms with Crippen LogP contribution in [-0.2, 0) is 0 Å². The molecule has 96 valence electrons. The molecule has 1 aromatic rings. The van der Waals surface area contributed by atoms with Gasteiger partial charge in [-0.1, -0.05) is 25.0 Å². The van der Waals surface area contributed by atoms with Crippen molar-refractivity contribution in [3.63, 3.8) is 0 Å². The molecule has 1 aliphatic rings. The van der Waals surface area contributed by atoms with E-state index in [9.17, 15) is 5.11 Å². The van der Waals surface area contributed by atoms with Gasteiger partial charge >= 0.3 is 0 Å². The Morgan fingerprint density at radius 2 is 2.06 bits per heavy atom. The van der Waals surface area contributed by atoms with Crippen LogP contribution in [0.15, 0.2) is 24.3 Å². The zero-order valence-corrected chi connectivity index (χ0v) is 10.6. The Hall–Kier alpha value is -1.37. The molecule has 0 aromatic heterocycles. The van der Waals surface area contributed by atoms with E-state index in [0.717, 1.165) is 24.9 Å². The van der Waals surface area contributed by atoms with Crippen LogP contribution in [0.5, 0.6) is 0 Å². The van der Waals surface area contributed by atoms with Gasteiger partial charge in [0.15, 0.2) is 0 Å². The van der Waals surface area contributed by atoms with Crippen molar-refractivity contribution in [3.05, 3.63) is 35.4 Å². The molecular weight excluding hydrogens is 224 g/mol. The second-order valence-electron chi connectivity index (χ2n) is 4.99. The second-order valence-corrected chi connectivity index (χ2v) is 4.99. The number of nitrogens with one attached hydrogen (secondary N) is 1. The Kier molecular flexibility index (Phi) is 4.74. The van der Waals surface area contributed by atoms with E-state index in [1.165, 1.54) is 19.3 Å². The van der Waals surface area contributed by atoms with E-state index in [-0.39, 0.29) is 0 Å². The van der Waals surface area contributed by atoms with Gasteiger partial charge in [-0.05, 0) is 43.5 Å². The topological polar surface area (TPSA) is 56.0 Å². The maximum Gasteiger partial charge on any atom is 0.0991 e. The van der Waals surface area contributed by atoms with E-state index >= 15 is 0 Å². The number of aliphatic hydroxyl groups is 1. The Morgan fingerprint density at radius 3 is 2.78 bits per heavy atom. The summed E-state index contributed by atoms with van der Waals surface area (Å²) in [7, 11) is 0. The molecule has 0 aliphatic carbocycles. The summed E-state index contributed by atoms with van der Waals surface area (Å²) in [5, 5.41) is 22.4. The first-order valence-corrected chi connectivity index (χ1v) is 6.71. The third-order valence-corrected chi connectivity index (χ3v) is 3.59. The van der Waals surface area contributed by atoms with Crippen LogP contribution in [0.2, 0.25) is 0 Å². The Balaban J connectivity index is 1.93. The lowest BCUT2D eigenvalue weighted by atomic mass is 9.98. The highest BCUT2D eigenvalue weighted by atomic mass is 16.3. The van der Waals surface area contributed by atoms with Crippen molar-refractivity contribution in [1.82, 2.24) is 5.32 Å². The third kappa shape index (κ3) is 3.56. The van der Waals surface area contributed by atoms with Crippen molar-refractivity contribution in [2.45, 2.75) is 44.2 Å². The highest BCUT2D eigenvalue weighted by molar-refractivity contribution is 5.32. The molecule has 18 heavy (non-hydrogen) atoms. The van der Waals surface area contributed by atoms with Gasteiger partial charge in [0, 0.05) is 6.04 Å². The normalized spacial score (nSPS) is 21.9. The molecular formula is C15H20N2O. The smallest absolute Gasteiger partial charge is 0.0991 e. The van der Waals surface area contributed by atoms with Crippen LogP contribution in [0.3, 0.4) is 0 Å². The minimum atomic E-state index is -0.437. The maximum absolute atomic E-state index is 10.2. The lowest BCUT2D eigenvalue weighted by Gasteiger charge is -2.20. The van der Waals surface area contributed by atoms with Crippen LogP contribution in [0.1, 0.15) is 49.3 Å². The van der Waals surface area contributed by atoms with Crippen molar-refractivity contribution in [2.75, 3.05) is 6.54 Å². The number of aliphatic hydroxyl groups excluding tert-OH is 1. The summed E-state index contributed by atoms with van der Waals surface area (Å²) >= 11 is 0. The minimum Gasteiger partial charge on any atom is -0.388 e. The molecule has 3 heteroatoms. The predicted molar refractivity (Wildman–Crippen MR) is 71.0 cm³/mol. The first-order chi connectivity index (χ1) is 8.79. The van der Waals surface area contributed by atoms with Crippen LogP contribution >= 0.6 is 0 Å². The van der Waals surface area contributed by atoms with Crippen molar-refractivity contribution in [3.8, 4) is 6.07 Å². The Bertz CT molecular complexity index is 399. The van der Waals surface area contributed by atoms with E-state index < -0.39 is 6.10 Å². The number of benzene rings is 1. The standard InChI is InChI=1S/C15H20N2O/c16-11-12-5-7-13(8-6-12)15(18)10-14-4-2-1-3-9-17-14/h5-8,14-15,17-18H,1-4,9-10H2. The third-order valence-electron chi connectivity index (χ3n) is 3.59. The fraction of sp³-hybridized carbons (Fsp3) is 0.533. The average Bonchev–Trinajstić information content (AvgIpc) is 2.67. The van der Waals surface area contributed by atoms with Gasteiger partial charge in [-0.2, -0.15) is 5.26 Å². The van der Waals surface area contributed by atoms with E-state index in [1.54, 1.807) is 12.1 Å². The number of nitriles is 1. The van der Waals surface area contributed by atoms with Gasteiger partial charge in [-0.15, -0.1) is 0 Å². The van der Waals surface area contributed by atoms with Gasteiger partial charge in [-0.3, -0.25) is 0 Å². The van der Waals surface area contributed by atoms with Crippen molar-refractivity contribution < 1.29 is 5.11 Å². The second kappa shape index (κ2) is 6.53. The van der Waals surface area contributed by atoms with Gasteiger partial charge in [0.2, 0.25) is 0 Å². The van der Waals surface area contributed by atoms with Crippen LogP contribution in [-0.4, -0.2) is 17.7 Å². The van der Waals surface area contributed by atoms with Gasteiger partial charge in [-0.25, -0.2) is 0 Å². The van der Waals surface area contributed by atoms with E-state index in [0.29, 0.717) is 11.6 Å². The molecule has 0 saturated carbocycles. The quantitative estimate of drug-likeness (QED) is 0.859. The fourth-order valence-corrected chi connectivity index (χ4v) is 2.49. The van der Waals surface area contributed by atoms with Crippen molar-refractivity contribution in [1.29, 1.82) is 5.26 Å². The number of rotatable bonds is 3. The molecule has 1 saturated heterocycles. The Morgan fingerprint density at radius 1 is 1.28 bits per heavy atom. The molecule has 3 nitrogen and oxygen atoms in total. The lowest BCUT2D eigenvalue weighted by Crippen LogP contribution is -2.29. The molecule has 0 radical (unpaired) electrons. The largest absolute Gasteiger partial charge is 0.388 e. The van der Waals surface area contributed by atoms with Crippen molar-refractivity contribution >= 4 is 0 Å². The minimum absolute atomic E-state index is 0.415. The van der Waals surface area contributed by atoms with Gasteiger partial charge in [0.1, 0.15) is 0 Å². The number of nitrogens with zero attached hydrogens (tertiary/aromatic N) is 1. The summed E-state index contributed by atoms with van der Waals surface area (Å²) in [4.78, 5) is 0. The predicted octanol–water partition coefficient (Wildman–Crippen LogP) is 2.51. The first-order valence-electron chi connectivity index (χ1n) is 6.71. The molecule has 1 aliphatic heterocycles. The SMILES string of the molecule is N#Cc1ccc(C(O)CC2CCCCCN2)cc1. The molecule has 2 unspecified atom stereocenters. The first kappa shape index (κ1) is 13.1. The summed E-state index contributed by atoms with van der Waals surface area (Å²) < 4.78 is 0. The summed E-state index contributed by atoms with van der Waals surface area (Å²) in [6.07, 6.45) is 5.24. The fourth-order valence-electron chi connectivity index (χ4n) is 2.49. The van der Waals surface area contributed by atoms with Gasteiger partial charge in [0.05, 0.1) is 17.7 Å². The van der Waals surface area contributed by atoms with Crippen LogP contribution in [0.4, 0.5) is 0 Å². The molecule has 2 N–H and O–H groups in total. The molecule has 2 atom stereocenters. The van der Waals surface area contributed by atoms with Crippen molar-refractivity contribution in [2.24, 2.45) is 0 Å². The molecule has 1 fully saturated rings. The van der Waals surface area contributed by atoms with Crippen LogP contribution in [0.25, 0.3) is 0 Å². The lowest BCUT2D eigenvalue weighted by molar-refractivity contribution is 0.150. The highest BCUT2D eigenvalue weighted by Crippen LogP contribution is 2.22. The zero-order valence-electron chi connectivity index (χ0n) is 10.6. The molecule has 0 spiro atoms. The summed E-state index contributed by atoms with van der Waals surface area (Å²) in [6, 6.07) is 9.72. The zero-order chi connectivity index (χ0) is 12.8. The number of hydrogen-bond donors (Lipinski definition) is 2. The molecule has 0 bridgehead atoms. The monoisotopic (exact) mass is 244 g/mol. The molecule has 2 rings (SSSR count). The molecule has 1 aromatic carbocycles. The summed E-state index contributed by atoms with van der Waals surface area (Å²) in [5.41, 5.74) is 1.54. The number of hydrogen-bond acceptors (Lipinski definition) is 3. The maximum atomic E-state index is 10.2. The Labute approximate surface area is 108 Å². The van der Waals surface area contributed by atoms with Gasteiger partial charge < -0.3 is 10.4 Å². The molecule has 0 amide bonds. The van der Waals surface area contributed by atoms with E-state index in [1.807, 2.05) is 12.1 Å².